The van der Waals surface area contributed by atoms with Crippen molar-refractivity contribution < 1.29 is 9.18 Å². The normalized spacial score (nSPS) is 13.9. The fourth-order valence-electron chi connectivity index (χ4n) is 2.48. The topological polar surface area (TPSA) is 50.2 Å². The third-order valence-corrected chi connectivity index (χ3v) is 3.75. The zero-order valence-corrected chi connectivity index (χ0v) is 11.8. The van der Waals surface area contributed by atoms with E-state index in [4.69, 9.17) is 0 Å². The number of carbonyl (C=O) groups is 1. The molecule has 0 atom stereocenters. The van der Waals surface area contributed by atoms with E-state index in [1.807, 2.05) is 11.6 Å². The second-order valence-corrected chi connectivity index (χ2v) is 5.21. The van der Waals surface area contributed by atoms with Gasteiger partial charge in [-0.1, -0.05) is 12.1 Å². The Labute approximate surface area is 122 Å². The molecule has 0 radical (unpaired) electrons. The van der Waals surface area contributed by atoms with Crippen molar-refractivity contribution in [1.29, 1.82) is 0 Å². The molecule has 1 aromatic carbocycles. The molecule has 0 saturated heterocycles. The number of carbonyl (C=O) groups excluding carboxylic acids is 1. The van der Waals surface area contributed by atoms with Crippen molar-refractivity contribution in [3.8, 4) is 0 Å². The molecule has 0 bridgehead atoms. The lowest BCUT2D eigenvalue weighted by atomic mass is 10.1. The van der Waals surface area contributed by atoms with Gasteiger partial charge in [0.25, 0.3) is 0 Å². The second-order valence-electron chi connectivity index (χ2n) is 5.21. The lowest BCUT2D eigenvalue weighted by molar-refractivity contribution is 0.190. The molecule has 1 N–H and O–H groups in total. The Morgan fingerprint density at radius 2 is 2.14 bits per heavy atom. The van der Waals surface area contributed by atoms with Crippen molar-refractivity contribution >= 4 is 6.03 Å². The van der Waals surface area contributed by atoms with E-state index in [1.165, 1.54) is 12.1 Å². The Morgan fingerprint density at radius 1 is 1.38 bits per heavy atom. The number of nitrogens with zero attached hydrogens (tertiary/aromatic N) is 3. The lowest BCUT2D eigenvalue weighted by Gasteiger charge is -2.27. The van der Waals surface area contributed by atoms with Gasteiger partial charge in [-0.25, -0.2) is 14.2 Å². The average molecular weight is 288 g/mol. The first-order valence-electron chi connectivity index (χ1n) is 6.90. The Morgan fingerprint density at radius 3 is 2.90 bits per heavy atom. The summed E-state index contributed by atoms with van der Waals surface area (Å²) in [6.07, 6.45) is 2.56. The van der Waals surface area contributed by atoms with E-state index >= 15 is 0 Å². The average Bonchev–Trinajstić information content (AvgIpc) is 2.87. The first-order chi connectivity index (χ1) is 10.1. The molecule has 6 heteroatoms. The summed E-state index contributed by atoms with van der Waals surface area (Å²) in [5, 5.41) is 2.87. The molecular formula is C15H17FN4O. The second kappa shape index (κ2) is 5.55. The molecule has 3 rings (SSSR count). The molecule has 0 spiro atoms. The Hall–Kier alpha value is -2.37. The summed E-state index contributed by atoms with van der Waals surface area (Å²) in [5.41, 5.74) is 3.03. The Bertz CT molecular complexity index is 650. The molecule has 1 aliphatic rings. The van der Waals surface area contributed by atoms with Gasteiger partial charge in [0.2, 0.25) is 0 Å². The molecule has 0 unspecified atom stereocenters. The van der Waals surface area contributed by atoms with E-state index in [1.54, 1.807) is 23.4 Å². The number of hydrogen-bond donors (Lipinski definition) is 1. The molecule has 2 amide bonds. The summed E-state index contributed by atoms with van der Waals surface area (Å²) in [6, 6.07) is 6.02. The van der Waals surface area contributed by atoms with Gasteiger partial charge in [-0.2, -0.15) is 0 Å². The number of aromatic nitrogens is 2. The van der Waals surface area contributed by atoms with Crippen LogP contribution in [-0.2, 0) is 26.6 Å². The third kappa shape index (κ3) is 2.89. The Balaban J connectivity index is 1.59. The SMILES string of the molecule is Cn1cnc2c1CN(C(=O)NCc1ccc(F)cc1)CC2. The van der Waals surface area contributed by atoms with Crippen LogP contribution in [0.2, 0.25) is 0 Å². The van der Waals surface area contributed by atoms with Gasteiger partial charge in [-0.3, -0.25) is 0 Å². The van der Waals surface area contributed by atoms with Crippen molar-refractivity contribution in [1.82, 2.24) is 19.8 Å². The van der Waals surface area contributed by atoms with E-state index < -0.39 is 0 Å². The van der Waals surface area contributed by atoms with Crippen LogP contribution in [0.1, 0.15) is 17.0 Å². The fraction of sp³-hybridized carbons (Fsp3) is 0.333. The van der Waals surface area contributed by atoms with Crippen molar-refractivity contribution in [2.45, 2.75) is 19.5 Å². The summed E-state index contributed by atoms with van der Waals surface area (Å²) in [7, 11) is 1.94. The highest BCUT2D eigenvalue weighted by Gasteiger charge is 2.23. The van der Waals surface area contributed by atoms with Crippen molar-refractivity contribution in [2.24, 2.45) is 7.05 Å². The maximum absolute atomic E-state index is 12.8. The maximum Gasteiger partial charge on any atom is 0.318 e. The molecule has 0 fully saturated rings. The molecule has 21 heavy (non-hydrogen) atoms. The number of nitrogens with one attached hydrogen (secondary N) is 1. The molecular weight excluding hydrogens is 271 g/mol. The van der Waals surface area contributed by atoms with Gasteiger partial charge in [0.1, 0.15) is 5.82 Å². The monoisotopic (exact) mass is 288 g/mol. The van der Waals surface area contributed by atoms with Crippen LogP contribution in [-0.4, -0.2) is 27.0 Å². The van der Waals surface area contributed by atoms with Crippen LogP contribution in [0, 0.1) is 5.82 Å². The number of aryl methyl sites for hydroxylation is 1. The van der Waals surface area contributed by atoms with Crippen molar-refractivity contribution in [3.05, 3.63) is 53.4 Å². The molecule has 5 nitrogen and oxygen atoms in total. The smallest absolute Gasteiger partial charge is 0.318 e. The molecule has 0 saturated carbocycles. The summed E-state index contributed by atoms with van der Waals surface area (Å²) in [6.45, 7) is 1.63. The number of fused-ring (bicyclic) bond motifs is 1. The number of rotatable bonds is 2. The van der Waals surface area contributed by atoms with Crippen LogP contribution in [0.5, 0.6) is 0 Å². The minimum absolute atomic E-state index is 0.105. The van der Waals surface area contributed by atoms with Gasteiger partial charge in [0, 0.05) is 26.6 Å². The zero-order chi connectivity index (χ0) is 14.8. The number of halogens is 1. The highest BCUT2D eigenvalue weighted by molar-refractivity contribution is 5.74. The fourth-order valence-corrected chi connectivity index (χ4v) is 2.48. The summed E-state index contributed by atoms with van der Waals surface area (Å²) < 4.78 is 14.8. The van der Waals surface area contributed by atoms with Gasteiger partial charge < -0.3 is 14.8 Å². The third-order valence-electron chi connectivity index (χ3n) is 3.75. The highest BCUT2D eigenvalue weighted by atomic mass is 19.1. The van der Waals surface area contributed by atoms with Crippen LogP contribution in [0.25, 0.3) is 0 Å². The standard InChI is InChI=1S/C15H17FN4O/c1-19-10-18-13-6-7-20(9-14(13)19)15(21)17-8-11-2-4-12(16)5-3-11/h2-5,10H,6-9H2,1H3,(H,17,21). The minimum atomic E-state index is -0.273. The molecule has 110 valence electrons. The summed E-state index contributed by atoms with van der Waals surface area (Å²) in [4.78, 5) is 18.3. The lowest BCUT2D eigenvalue weighted by Crippen LogP contribution is -2.42. The van der Waals surface area contributed by atoms with E-state index in [-0.39, 0.29) is 11.8 Å². The van der Waals surface area contributed by atoms with Crippen molar-refractivity contribution in [2.75, 3.05) is 6.54 Å². The number of benzene rings is 1. The molecule has 2 heterocycles. The zero-order valence-electron chi connectivity index (χ0n) is 11.8. The van der Waals surface area contributed by atoms with Crippen LogP contribution in [0.15, 0.2) is 30.6 Å². The first kappa shape index (κ1) is 13.6. The van der Waals surface area contributed by atoms with Gasteiger partial charge in [-0.15, -0.1) is 0 Å². The molecule has 0 aliphatic carbocycles. The highest BCUT2D eigenvalue weighted by Crippen LogP contribution is 2.16. The van der Waals surface area contributed by atoms with E-state index in [0.717, 1.165) is 23.4 Å². The van der Waals surface area contributed by atoms with Crippen LogP contribution in [0.3, 0.4) is 0 Å². The largest absolute Gasteiger partial charge is 0.336 e. The predicted molar refractivity (Wildman–Crippen MR) is 76.0 cm³/mol. The van der Waals surface area contributed by atoms with Gasteiger partial charge in [0.15, 0.2) is 0 Å². The minimum Gasteiger partial charge on any atom is -0.336 e. The molecule has 1 aliphatic heterocycles. The van der Waals surface area contributed by atoms with E-state index in [9.17, 15) is 9.18 Å². The summed E-state index contributed by atoms with van der Waals surface area (Å²) >= 11 is 0. The van der Waals surface area contributed by atoms with Gasteiger partial charge >= 0.3 is 6.03 Å². The predicted octanol–water partition coefficient (Wildman–Crippen LogP) is 1.83. The first-order valence-corrected chi connectivity index (χ1v) is 6.90. The van der Waals surface area contributed by atoms with Crippen molar-refractivity contribution in [3.63, 3.8) is 0 Å². The van der Waals surface area contributed by atoms with Gasteiger partial charge in [0.05, 0.1) is 24.3 Å². The Kier molecular flexibility index (Phi) is 3.60. The van der Waals surface area contributed by atoms with Gasteiger partial charge in [-0.05, 0) is 17.7 Å². The summed E-state index contributed by atoms with van der Waals surface area (Å²) in [5.74, 6) is -0.273. The number of imidazole rings is 1. The van der Waals surface area contributed by atoms with Crippen LogP contribution >= 0.6 is 0 Å². The number of urea groups is 1. The van der Waals surface area contributed by atoms with E-state index in [2.05, 4.69) is 10.3 Å². The van der Waals surface area contributed by atoms with E-state index in [0.29, 0.717) is 19.6 Å². The number of hydrogen-bond acceptors (Lipinski definition) is 2. The van der Waals surface area contributed by atoms with Crippen LogP contribution < -0.4 is 5.32 Å². The number of amides is 2. The maximum atomic E-state index is 12.8. The molecule has 2 aromatic rings. The quantitative estimate of drug-likeness (QED) is 0.916. The van der Waals surface area contributed by atoms with Crippen LogP contribution in [0.4, 0.5) is 9.18 Å². The molecule has 1 aromatic heterocycles.